The Labute approximate surface area is 156 Å². The lowest BCUT2D eigenvalue weighted by Gasteiger charge is -2.13. The zero-order valence-electron chi connectivity index (χ0n) is 15.8. The molecule has 1 aromatic heterocycles. The summed E-state index contributed by atoms with van der Waals surface area (Å²) in [4.78, 5) is 23.2. The van der Waals surface area contributed by atoms with E-state index in [1.165, 1.54) is 31.2 Å². The first-order chi connectivity index (χ1) is 12.8. The van der Waals surface area contributed by atoms with Crippen LogP contribution in [-0.4, -0.2) is 5.78 Å². The number of carbonyl (C=O) groups is 1. The van der Waals surface area contributed by atoms with Crippen LogP contribution in [0.5, 0.6) is 5.75 Å². The van der Waals surface area contributed by atoms with Gasteiger partial charge in [-0.3, -0.25) is 4.79 Å². The highest BCUT2D eigenvalue weighted by molar-refractivity contribution is 5.94. The second kappa shape index (κ2) is 7.35. The van der Waals surface area contributed by atoms with Crippen molar-refractivity contribution in [3.8, 4) is 5.75 Å². The molecule has 1 heterocycles. The first kappa shape index (κ1) is 18.8. The average molecular weight is 368 g/mol. The predicted octanol–water partition coefficient (Wildman–Crippen LogP) is 5.15. The summed E-state index contributed by atoms with van der Waals surface area (Å²) in [6.07, 6.45) is 0. The lowest BCUT2D eigenvalue weighted by molar-refractivity contribution is 0.101. The maximum atomic E-state index is 14.0. The van der Waals surface area contributed by atoms with Gasteiger partial charge in [0.1, 0.15) is 23.8 Å². The zero-order valence-corrected chi connectivity index (χ0v) is 15.8. The molecule has 2 aromatic carbocycles. The number of hydrogen-bond donors (Lipinski definition) is 0. The fourth-order valence-corrected chi connectivity index (χ4v) is 3.17. The van der Waals surface area contributed by atoms with E-state index in [0.29, 0.717) is 17.1 Å². The predicted molar refractivity (Wildman–Crippen MR) is 102 cm³/mol. The number of fused-ring (bicyclic) bond motifs is 1. The number of halogens is 1. The van der Waals surface area contributed by atoms with E-state index in [1.807, 2.05) is 19.1 Å². The van der Waals surface area contributed by atoms with Crippen molar-refractivity contribution in [2.24, 2.45) is 0 Å². The van der Waals surface area contributed by atoms with Crippen LogP contribution in [0.15, 0.2) is 45.6 Å². The van der Waals surface area contributed by atoms with Crippen LogP contribution >= 0.6 is 0 Å². The van der Waals surface area contributed by atoms with Gasteiger partial charge in [0.2, 0.25) is 0 Å². The number of carbonyl (C=O) groups excluding carboxylic acids is 1. The van der Waals surface area contributed by atoms with Crippen LogP contribution in [0, 0.1) is 12.7 Å². The topological polar surface area (TPSA) is 56.5 Å². The van der Waals surface area contributed by atoms with Crippen LogP contribution < -0.4 is 10.4 Å². The van der Waals surface area contributed by atoms with E-state index in [2.05, 4.69) is 13.8 Å². The summed E-state index contributed by atoms with van der Waals surface area (Å²) >= 11 is 0. The van der Waals surface area contributed by atoms with Gasteiger partial charge >= 0.3 is 5.63 Å². The minimum atomic E-state index is -0.629. The van der Waals surface area contributed by atoms with Gasteiger partial charge in [-0.2, -0.15) is 0 Å². The molecule has 3 rings (SSSR count). The van der Waals surface area contributed by atoms with Gasteiger partial charge in [0.05, 0.1) is 5.56 Å². The summed E-state index contributed by atoms with van der Waals surface area (Å²) in [5, 5.41) is 0.796. The fraction of sp³-hybridized carbons (Fsp3) is 0.273. The SMILES string of the molecule is CC(=O)c1ccc(OCc2cc(=O)oc3cc(C)c(C(C)C)cc23)cc1F. The van der Waals surface area contributed by atoms with Gasteiger partial charge < -0.3 is 9.15 Å². The molecule has 0 atom stereocenters. The molecular formula is C22H21FO4. The lowest BCUT2D eigenvalue weighted by atomic mass is 9.95. The molecule has 0 unspecified atom stereocenters. The van der Waals surface area contributed by atoms with Gasteiger partial charge in [-0.15, -0.1) is 0 Å². The van der Waals surface area contributed by atoms with Crippen LogP contribution in [0.25, 0.3) is 11.0 Å². The molecule has 140 valence electrons. The van der Waals surface area contributed by atoms with E-state index >= 15 is 0 Å². The highest BCUT2D eigenvalue weighted by Gasteiger charge is 2.13. The Kier molecular flexibility index (Phi) is 5.13. The lowest BCUT2D eigenvalue weighted by Crippen LogP contribution is -2.06. The van der Waals surface area contributed by atoms with E-state index in [4.69, 9.17) is 9.15 Å². The molecule has 0 aliphatic rings. The van der Waals surface area contributed by atoms with Gasteiger partial charge in [-0.05, 0) is 55.2 Å². The Morgan fingerprint density at radius 1 is 1.19 bits per heavy atom. The Morgan fingerprint density at radius 3 is 2.56 bits per heavy atom. The molecule has 0 saturated carbocycles. The molecule has 0 fully saturated rings. The van der Waals surface area contributed by atoms with E-state index in [9.17, 15) is 14.0 Å². The highest BCUT2D eigenvalue weighted by atomic mass is 19.1. The number of Topliss-reactive ketones (excluding diaryl/α,β-unsaturated/α-hetero) is 1. The molecule has 0 spiro atoms. The molecule has 4 nitrogen and oxygen atoms in total. The maximum absolute atomic E-state index is 14.0. The molecule has 0 amide bonds. The largest absolute Gasteiger partial charge is 0.489 e. The van der Waals surface area contributed by atoms with Crippen molar-refractivity contribution < 1.29 is 18.3 Å². The third-order valence-electron chi connectivity index (χ3n) is 4.55. The Morgan fingerprint density at radius 2 is 1.93 bits per heavy atom. The highest BCUT2D eigenvalue weighted by Crippen LogP contribution is 2.27. The van der Waals surface area contributed by atoms with Crippen molar-refractivity contribution in [2.45, 2.75) is 40.2 Å². The summed E-state index contributed by atoms with van der Waals surface area (Å²) in [7, 11) is 0. The van der Waals surface area contributed by atoms with Crippen molar-refractivity contribution in [2.75, 3.05) is 0 Å². The third-order valence-corrected chi connectivity index (χ3v) is 4.55. The number of hydrogen-bond acceptors (Lipinski definition) is 4. The second-order valence-corrected chi connectivity index (χ2v) is 6.94. The Balaban J connectivity index is 1.97. The minimum absolute atomic E-state index is 0.0187. The van der Waals surface area contributed by atoms with Crippen LogP contribution in [0.1, 0.15) is 53.7 Å². The number of ketones is 1. The van der Waals surface area contributed by atoms with Crippen molar-refractivity contribution >= 4 is 16.8 Å². The van der Waals surface area contributed by atoms with Crippen LogP contribution in [-0.2, 0) is 6.61 Å². The number of benzene rings is 2. The van der Waals surface area contributed by atoms with Crippen LogP contribution in [0.3, 0.4) is 0 Å². The number of rotatable bonds is 5. The number of aryl methyl sites for hydroxylation is 1. The Bertz CT molecular complexity index is 1080. The quantitative estimate of drug-likeness (QED) is 0.462. The van der Waals surface area contributed by atoms with Crippen molar-refractivity contribution in [1.82, 2.24) is 0 Å². The monoisotopic (exact) mass is 368 g/mol. The zero-order chi connectivity index (χ0) is 19.7. The fourth-order valence-electron chi connectivity index (χ4n) is 3.17. The van der Waals surface area contributed by atoms with Gasteiger partial charge in [-0.1, -0.05) is 13.8 Å². The standard InChI is InChI=1S/C22H21FO4/c1-12(2)18-10-19-15(8-22(25)27-21(19)7-13(18)3)11-26-16-5-6-17(14(4)24)20(23)9-16/h5-10,12H,11H2,1-4H3. The van der Waals surface area contributed by atoms with E-state index in [0.717, 1.165) is 16.5 Å². The van der Waals surface area contributed by atoms with Gasteiger partial charge in [-0.25, -0.2) is 9.18 Å². The number of ether oxygens (including phenoxy) is 1. The first-order valence-corrected chi connectivity index (χ1v) is 8.77. The summed E-state index contributed by atoms with van der Waals surface area (Å²) < 4.78 is 25.0. The van der Waals surface area contributed by atoms with E-state index < -0.39 is 11.4 Å². The van der Waals surface area contributed by atoms with Crippen LogP contribution in [0.4, 0.5) is 4.39 Å². The molecule has 0 N–H and O–H groups in total. The molecule has 0 radical (unpaired) electrons. The molecule has 27 heavy (non-hydrogen) atoms. The van der Waals surface area contributed by atoms with E-state index in [-0.39, 0.29) is 23.7 Å². The molecule has 0 aliphatic heterocycles. The van der Waals surface area contributed by atoms with Gasteiger partial charge in [0.15, 0.2) is 5.78 Å². The molecular weight excluding hydrogens is 347 g/mol. The van der Waals surface area contributed by atoms with Crippen molar-refractivity contribution in [3.63, 3.8) is 0 Å². The van der Waals surface area contributed by atoms with Gasteiger partial charge in [0.25, 0.3) is 0 Å². The molecule has 3 aromatic rings. The normalized spacial score (nSPS) is 11.2. The summed E-state index contributed by atoms with van der Waals surface area (Å²) in [6.45, 7) is 7.58. The summed E-state index contributed by atoms with van der Waals surface area (Å²) in [5.74, 6) is -0.365. The molecule has 5 heteroatoms. The third kappa shape index (κ3) is 3.92. The van der Waals surface area contributed by atoms with Gasteiger partial charge in [0, 0.05) is 23.1 Å². The first-order valence-electron chi connectivity index (χ1n) is 8.77. The van der Waals surface area contributed by atoms with Crippen molar-refractivity contribution in [1.29, 1.82) is 0 Å². The molecule has 0 bridgehead atoms. The summed E-state index contributed by atoms with van der Waals surface area (Å²) in [6, 6.07) is 9.37. The Hall–Kier alpha value is -2.95. The molecule has 0 saturated heterocycles. The van der Waals surface area contributed by atoms with Crippen LogP contribution in [0.2, 0.25) is 0 Å². The minimum Gasteiger partial charge on any atom is -0.489 e. The summed E-state index contributed by atoms with van der Waals surface area (Å²) in [5.41, 5.74) is 2.94. The second-order valence-electron chi connectivity index (χ2n) is 6.94. The van der Waals surface area contributed by atoms with Crippen molar-refractivity contribution in [3.05, 3.63) is 74.9 Å². The van der Waals surface area contributed by atoms with E-state index in [1.54, 1.807) is 0 Å². The smallest absolute Gasteiger partial charge is 0.336 e. The molecule has 0 aliphatic carbocycles. The average Bonchev–Trinajstić information content (AvgIpc) is 2.58. The maximum Gasteiger partial charge on any atom is 0.336 e.